The molecule has 17 heteroatoms. The van der Waals surface area contributed by atoms with Crippen LogP contribution < -0.4 is 16.1 Å². The number of ether oxygens (including phenoxy) is 2. The predicted molar refractivity (Wildman–Crippen MR) is 122 cm³/mol. The normalized spacial score (nSPS) is 24.3. The van der Waals surface area contributed by atoms with Crippen LogP contribution in [0.1, 0.15) is 18.7 Å². The van der Waals surface area contributed by atoms with Crippen LogP contribution in [0.25, 0.3) is 10.4 Å². The molecule has 198 valence electrons. The minimum absolute atomic E-state index is 0.0659. The van der Waals surface area contributed by atoms with E-state index in [4.69, 9.17) is 24.6 Å². The molecule has 1 aromatic carbocycles. The van der Waals surface area contributed by atoms with Gasteiger partial charge in [-0.15, -0.1) is 0 Å². The highest BCUT2D eigenvalue weighted by Gasteiger charge is 2.56. The third-order valence-electron chi connectivity index (χ3n) is 5.19. The molecule has 6 atom stereocenters. The van der Waals surface area contributed by atoms with Gasteiger partial charge in [0.2, 0.25) is 5.72 Å². The summed E-state index contributed by atoms with van der Waals surface area (Å²) in [6.45, 7) is 0.769. The number of benzene rings is 1. The predicted octanol–water partition coefficient (Wildman–Crippen LogP) is -0.228. The lowest BCUT2D eigenvalue weighted by Gasteiger charge is -2.24. The van der Waals surface area contributed by atoms with Gasteiger partial charge in [0.1, 0.15) is 18.8 Å². The Balaban J connectivity index is 1.73. The second kappa shape index (κ2) is 12.7. The number of aromatic nitrogens is 2. The van der Waals surface area contributed by atoms with Crippen molar-refractivity contribution in [1.82, 2.24) is 9.55 Å². The zero-order chi connectivity index (χ0) is 27.0. The highest BCUT2D eigenvalue weighted by atomic mass is 31.1. The number of esters is 1. The van der Waals surface area contributed by atoms with E-state index in [1.54, 1.807) is 37.3 Å². The Morgan fingerprint density at radius 1 is 1.35 bits per heavy atom. The van der Waals surface area contributed by atoms with E-state index in [2.05, 4.69) is 14.8 Å². The number of nitrogens with zero attached hydrogens (tertiary/aromatic N) is 5. The molecule has 0 spiro atoms. The van der Waals surface area contributed by atoms with Gasteiger partial charge in [0, 0.05) is 28.3 Å². The van der Waals surface area contributed by atoms with Crippen LogP contribution in [0.5, 0.6) is 0 Å². The van der Waals surface area contributed by atoms with Crippen LogP contribution in [0, 0.1) is 0 Å². The zero-order valence-corrected chi connectivity index (χ0v) is 20.2. The molecule has 2 heterocycles. The summed E-state index contributed by atoms with van der Waals surface area (Å²) in [5, 5.41) is 24.2. The maximum Gasteiger partial charge on any atom is 0.382 e. The molecule has 1 aliphatic rings. The molecule has 2 unspecified atom stereocenters. The molecule has 37 heavy (non-hydrogen) atoms. The molecule has 0 amide bonds. The third-order valence-corrected chi connectivity index (χ3v) is 5.89. The summed E-state index contributed by atoms with van der Waals surface area (Å²) in [5.74, 6) is -0.740. The monoisotopic (exact) mass is 538 g/mol. The number of hydrogen-bond acceptors (Lipinski definition) is 12. The first kappa shape index (κ1) is 28.1. The lowest BCUT2D eigenvalue weighted by atomic mass is 10.1. The SMILES string of the molecule is CCOC(=O)C(Cc1ccccc1)/N=[P+](\[O-])OOC[C@@]1(N=[N+]=[N-])O[C@@H](n2ccc(=O)[nH]c2=O)[C@H](O)[C@@H]1O. The van der Waals surface area contributed by atoms with Crippen molar-refractivity contribution in [3.05, 3.63) is 79.4 Å². The Labute approximate surface area is 209 Å². The van der Waals surface area contributed by atoms with Crippen LogP contribution in [0.2, 0.25) is 0 Å². The van der Waals surface area contributed by atoms with Gasteiger partial charge in [0.25, 0.3) is 5.56 Å². The fourth-order valence-electron chi connectivity index (χ4n) is 3.46. The van der Waals surface area contributed by atoms with E-state index in [-0.39, 0.29) is 13.0 Å². The van der Waals surface area contributed by atoms with Gasteiger partial charge in [-0.05, 0) is 18.0 Å². The first-order valence-corrected chi connectivity index (χ1v) is 11.9. The van der Waals surface area contributed by atoms with Gasteiger partial charge < -0.3 is 24.6 Å². The van der Waals surface area contributed by atoms with Gasteiger partial charge in [-0.2, -0.15) is 4.89 Å². The summed E-state index contributed by atoms with van der Waals surface area (Å²) in [6.07, 6.45) is -4.27. The van der Waals surface area contributed by atoms with Crippen LogP contribution in [0.15, 0.2) is 62.0 Å². The number of carbonyl (C=O) groups is 1. The number of nitrogens with one attached hydrogen (secondary N) is 1. The molecule has 16 nitrogen and oxygen atoms in total. The molecule has 3 N–H and O–H groups in total. The average molecular weight is 538 g/mol. The van der Waals surface area contributed by atoms with Crippen molar-refractivity contribution in [3.8, 4) is 0 Å². The molecular formula is C20H23N6O10P. The second-order valence-corrected chi connectivity index (χ2v) is 8.50. The number of rotatable bonds is 11. The summed E-state index contributed by atoms with van der Waals surface area (Å²) in [7, 11) is -2.98. The zero-order valence-electron chi connectivity index (χ0n) is 19.3. The fraction of sp³-hybridized carbons (Fsp3) is 0.450. The van der Waals surface area contributed by atoms with E-state index < -0.39 is 62.2 Å². The van der Waals surface area contributed by atoms with Crippen molar-refractivity contribution < 1.29 is 38.9 Å². The molecule has 2 aromatic rings. The standard InChI is InChI=1S/C20H23N6O10P/c1-2-33-18(30)13(10-12-6-4-3-5-7-12)23-37(32)36-34-11-20(24-25-21)16(29)15(28)17(35-20)26-9-8-14(27)22-19(26)31/h3-9,13,15-17,28-29H,2,10-11H2,1H3,(H,22,27,31)/t13?,15-,16+,17-,20-/m1/s1. The molecule has 0 aliphatic carbocycles. The van der Waals surface area contributed by atoms with Crippen molar-refractivity contribution >= 4 is 14.1 Å². The Morgan fingerprint density at radius 2 is 2.08 bits per heavy atom. The van der Waals surface area contributed by atoms with Crippen LogP contribution in [0.4, 0.5) is 0 Å². The van der Waals surface area contributed by atoms with Gasteiger partial charge in [0.15, 0.2) is 12.3 Å². The fourth-order valence-corrected chi connectivity index (χ4v) is 4.05. The molecule has 0 radical (unpaired) electrons. The van der Waals surface area contributed by atoms with Crippen molar-refractivity contribution in [1.29, 1.82) is 0 Å². The van der Waals surface area contributed by atoms with E-state index in [9.17, 15) is 29.5 Å². The van der Waals surface area contributed by atoms with Crippen LogP contribution in [-0.4, -0.2) is 62.9 Å². The molecule has 1 aromatic heterocycles. The quantitative estimate of drug-likeness (QED) is 0.0646. The van der Waals surface area contributed by atoms with Crippen LogP contribution >= 0.6 is 8.17 Å². The van der Waals surface area contributed by atoms with E-state index in [0.29, 0.717) is 0 Å². The largest absolute Gasteiger partial charge is 0.581 e. The lowest BCUT2D eigenvalue weighted by molar-refractivity contribution is -0.291. The van der Waals surface area contributed by atoms with Gasteiger partial charge in [0.05, 0.1) is 6.61 Å². The summed E-state index contributed by atoms with van der Waals surface area (Å²) in [4.78, 5) is 57.4. The van der Waals surface area contributed by atoms with Gasteiger partial charge >= 0.3 is 19.8 Å². The van der Waals surface area contributed by atoms with Crippen molar-refractivity contribution in [2.24, 2.45) is 9.86 Å². The van der Waals surface area contributed by atoms with Gasteiger partial charge in [-0.25, -0.2) is 9.59 Å². The average Bonchev–Trinajstić information content (AvgIpc) is 3.10. The van der Waals surface area contributed by atoms with E-state index in [1.165, 1.54) is 0 Å². The number of H-pyrrole nitrogens is 1. The molecule has 0 saturated carbocycles. The highest BCUT2D eigenvalue weighted by Crippen LogP contribution is 2.38. The van der Waals surface area contributed by atoms with Crippen molar-refractivity contribution in [2.45, 2.75) is 43.5 Å². The second-order valence-electron chi connectivity index (χ2n) is 7.64. The van der Waals surface area contributed by atoms with Crippen LogP contribution in [-0.2, 0) is 30.3 Å². The smallest absolute Gasteiger partial charge is 0.382 e. The Kier molecular flexibility index (Phi) is 9.63. The molecule has 3 rings (SSSR count). The van der Waals surface area contributed by atoms with Gasteiger partial charge in [-0.1, -0.05) is 40.2 Å². The first-order valence-electron chi connectivity index (χ1n) is 10.8. The highest BCUT2D eigenvalue weighted by molar-refractivity contribution is 7.33. The first-order chi connectivity index (χ1) is 17.7. The number of aliphatic hydroxyl groups is 2. The number of carbonyl (C=O) groups excluding carboxylic acids is 1. The summed E-state index contributed by atoms with van der Waals surface area (Å²) in [6, 6.07) is 8.55. The maximum absolute atomic E-state index is 12.4. The Bertz CT molecular complexity index is 1280. The molecule has 1 saturated heterocycles. The van der Waals surface area contributed by atoms with Gasteiger partial charge in [-0.3, -0.25) is 14.3 Å². The van der Waals surface area contributed by atoms with E-state index in [0.717, 1.165) is 22.4 Å². The Hall–Kier alpha value is -3.46. The molecular weight excluding hydrogens is 515 g/mol. The van der Waals surface area contributed by atoms with E-state index >= 15 is 0 Å². The van der Waals surface area contributed by atoms with Crippen LogP contribution in [0.3, 0.4) is 0 Å². The number of aliphatic hydroxyl groups excluding tert-OH is 2. The molecule has 0 bridgehead atoms. The Morgan fingerprint density at radius 3 is 2.73 bits per heavy atom. The van der Waals surface area contributed by atoms with Crippen molar-refractivity contribution in [2.75, 3.05) is 13.2 Å². The summed E-state index contributed by atoms with van der Waals surface area (Å²) >= 11 is 0. The molecule has 1 aliphatic heterocycles. The minimum atomic E-state index is -2.98. The summed E-state index contributed by atoms with van der Waals surface area (Å²) < 4.78 is 19.7. The van der Waals surface area contributed by atoms with E-state index in [1.807, 2.05) is 4.98 Å². The molecule has 1 fully saturated rings. The topological polar surface area (TPSA) is 233 Å². The number of azide groups is 1. The number of hydrogen-bond donors (Lipinski definition) is 3. The maximum atomic E-state index is 12.4. The number of aromatic amines is 1. The van der Waals surface area contributed by atoms with Crippen molar-refractivity contribution in [3.63, 3.8) is 0 Å². The minimum Gasteiger partial charge on any atom is -0.581 e. The summed E-state index contributed by atoms with van der Waals surface area (Å²) in [5.41, 5.74) is 5.68. The lowest BCUT2D eigenvalue weighted by Crippen LogP contribution is -2.45. The third kappa shape index (κ3) is 6.85.